The molecule has 1 heterocycles. The van der Waals surface area contributed by atoms with Crippen LogP contribution in [0.2, 0.25) is 0 Å². The van der Waals surface area contributed by atoms with Crippen molar-refractivity contribution in [2.75, 3.05) is 0 Å². The number of hydrogen-bond donors (Lipinski definition) is 2. The minimum atomic E-state index is -0.432. The van der Waals surface area contributed by atoms with Gasteiger partial charge < -0.3 is 10.4 Å². The maximum absolute atomic E-state index is 11.7. The molecule has 0 bridgehead atoms. The first-order valence-corrected chi connectivity index (χ1v) is 6.27. The van der Waals surface area contributed by atoms with Crippen LogP contribution in [0.4, 0.5) is 0 Å². The highest BCUT2D eigenvalue weighted by atomic mass is 32.1. The van der Waals surface area contributed by atoms with Gasteiger partial charge in [0.05, 0.1) is 30.1 Å². The highest BCUT2D eigenvalue weighted by molar-refractivity contribution is 6.99. The van der Waals surface area contributed by atoms with Gasteiger partial charge in [0.15, 0.2) is 5.69 Å². The van der Waals surface area contributed by atoms with Gasteiger partial charge in [0.1, 0.15) is 0 Å². The van der Waals surface area contributed by atoms with E-state index < -0.39 is 6.10 Å². The van der Waals surface area contributed by atoms with Gasteiger partial charge in [-0.05, 0) is 12.8 Å². The lowest BCUT2D eigenvalue weighted by atomic mass is 10.1. The van der Waals surface area contributed by atoms with Crippen molar-refractivity contribution in [1.29, 1.82) is 0 Å². The van der Waals surface area contributed by atoms with Gasteiger partial charge in [-0.1, -0.05) is 19.3 Å². The number of aliphatic hydroxyl groups is 1. The Morgan fingerprint density at radius 3 is 3.00 bits per heavy atom. The van der Waals surface area contributed by atoms with Gasteiger partial charge in [-0.25, -0.2) is 0 Å². The van der Waals surface area contributed by atoms with Gasteiger partial charge in [0.25, 0.3) is 5.91 Å². The second-order valence-electron chi connectivity index (χ2n) is 4.08. The zero-order chi connectivity index (χ0) is 11.4. The summed E-state index contributed by atoms with van der Waals surface area (Å²) in [6.07, 6.45) is 5.83. The lowest BCUT2D eigenvalue weighted by Crippen LogP contribution is -2.42. The van der Waals surface area contributed by atoms with Crippen LogP contribution >= 0.6 is 11.7 Å². The molecule has 0 spiro atoms. The maximum atomic E-state index is 11.7. The van der Waals surface area contributed by atoms with E-state index in [0.717, 1.165) is 43.8 Å². The third-order valence-corrected chi connectivity index (χ3v) is 3.37. The summed E-state index contributed by atoms with van der Waals surface area (Å²) in [5.74, 6) is -0.236. The summed E-state index contributed by atoms with van der Waals surface area (Å²) in [5.41, 5.74) is 0.335. The molecule has 5 nitrogen and oxygen atoms in total. The number of aromatic nitrogens is 2. The summed E-state index contributed by atoms with van der Waals surface area (Å²) in [6, 6.07) is -0.142. The molecule has 1 aromatic heterocycles. The average Bonchev–Trinajstić information content (AvgIpc) is 2.73. The molecule has 1 aliphatic carbocycles. The smallest absolute Gasteiger partial charge is 0.272 e. The van der Waals surface area contributed by atoms with Crippen LogP contribution in [0.15, 0.2) is 6.20 Å². The molecule has 2 atom stereocenters. The highest BCUT2D eigenvalue weighted by Crippen LogP contribution is 2.18. The lowest BCUT2D eigenvalue weighted by Gasteiger charge is -2.20. The molecule has 1 amide bonds. The predicted octanol–water partition coefficient (Wildman–Crippen LogP) is 0.962. The quantitative estimate of drug-likeness (QED) is 0.756. The van der Waals surface area contributed by atoms with Crippen LogP contribution in [0.1, 0.15) is 42.6 Å². The van der Waals surface area contributed by atoms with Crippen molar-refractivity contribution in [2.45, 2.75) is 44.2 Å². The molecule has 2 rings (SSSR count). The first-order valence-electron chi connectivity index (χ1n) is 5.54. The summed E-state index contributed by atoms with van der Waals surface area (Å²) < 4.78 is 7.65. The minimum absolute atomic E-state index is 0.142. The second kappa shape index (κ2) is 5.36. The van der Waals surface area contributed by atoms with E-state index >= 15 is 0 Å². The largest absolute Gasteiger partial charge is 0.391 e. The Morgan fingerprint density at radius 2 is 2.25 bits per heavy atom. The number of nitrogens with zero attached hydrogens (tertiary/aromatic N) is 2. The first kappa shape index (κ1) is 11.5. The van der Waals surface area contributed by atoms with Crippen molar-refractivity contribution in [3.05, 3.63) is 11.9 Å². The number of carbonyl (C=O) groups is 1. The monoisotopic (exact) mass is 241 g/mol. The van der Waals surface area contributed by atoms with Crippen LogP contribution < -0.4 is 5.32 Å². The van der Waals surface area contributed by atoms with Gasteiger partial charge in [-0.3, -0.25) is 4.79 Å². The molecule has 1 saturated carbocycles. The molecule has 0 radical (unpaired) electrons. The van der Waals surface area contributed by atoms with Gasteiger partial charge >= 0.3 is 0 Å². The van der Waals surface area contributed by atoms with E-state index in [4.69, 9.17) is 0 Å². The minimum Gasteiger partial charge on any atom is -0.391 e. The molecule has 88 valence electrons. The summed E-state index contributed by atoms with van der Waals surface area (Å²) >= 11 is 1.01. The van der Waals surface area contributed by atoms with Crippen LogP contribution in [0, 0.1) is 0 Å². The van der Waals surface area contributed by atoms with Crippen LogP contribution in [-0.2, 0) is 0 Å². The Kier molecular flexibility index (Phi) is 3.84. The Morgan fingerprint density at radius 1 is 1.44 bits per heavy atom. The lowest BCUT2D eigenvalue weighted by molar-refractivity contribution is 0.0815. The van der Waals surface area contributed by atoms with E-state index in [1.54, 1.807) is 0 Å². The molecule has 0 aliphatic heterocycles. The van der Waals surface area contributed by atoms with Crippen LogP contribution in [0.3, 0.4) is 0 Å². The third-order valence-electron chi connectivity index (χ3n) is 2.89. The van der Waals surface area contributed by atoms with Crippen LogP contribution in [0.25, 0.3) is 0 Å². The van der Waals surface area contributed by atoms with Gasteiger partial charge in [0.2, 0.25) is 0 Å². The molecule has 2 unspecified atom stereocenters. The average molecular weight is 241 g/mol. The Bertz CT molecular complexity index is 342. The summed E-state index contributed by atoms with van der Waals surface area (Å²) in [7, 11) is 0. The Balaban J connectivity index is 1.95. The van der Waals surface area contributed by atoms with E-state index in [1.165, 1.54) is 6.20 Å². The Labute approximate surface area is 98.2 Å². The number of amides is 1. The normalized spacial score (nSPS) is 26.1. The van der Waals surface area contributed by atoms with E-state index in [0.29, 0.717) is 5.69 Å². The topological polar surface area (TPSA) is 75.1 Å². The first-order chi connectivity index (χ1) is 7.77. The van der Waals surface area contributed by atoms with Crippen molar-refractivity contribution in [3.8, 4) is 0 Å². The highest BCUT2D eigenvalue weighted by Gasteiger charge is 2.24. The van der Waals surface area contributed by atoms with E-state index in [-0.39, 0.29) is 11.9 Å². The SMILES string of the molecule is O=C(NC1CCCCCC1O)c1cnsn1. The number of nitrogens with one attached hydrogen (secondary N) is 1. The summed E-state index contributed by atoms with van der Waals surface area (Å²) in [6.45, 7) is 0. The summed E-state index contributed by atoms with van der Waals surface area (Å²) in [5, 5.41) is 12.7. The molecule has 0 aromatic carbocycles. The number of hydrogen-bond acceptors (Lipinski definition) is 5. The van der Waals surface area contributed by atoms with Gasteiger partial charge in [-0.15, -0.1) is 0 Å². The van der Waals surface area contributed by atoms with E-state index in [2.05, 4.69) is 14.1 Å². The predicted molar refractivity (Wildman–Crippen MR) is 60.3 cm³/mol. The number of rotatable bonds is 2. The van der Waals surface area contributed by atoms with E-state index in [9.17, 15) is 9.90 Å². The van der Waals surface area contributed by atoms with Crippen molar-refractivity contribution < 1.29 is 9.90 Å². The van der Waals surface area contributed by atoms with Crippen molar-refractivity contribution in [1.82, 2.24) is 14.1 Å². The van der Waals surface area contributed by atoms with Crippen molar-refractivity contribution in [2.24, 2.45) is 0 Å². The van der Waals surface area contributed by atoms with Crippen LogP contribution in [0.5, 0.6) is 0 Å². The fraction of sp³-hybridized carbons (Fsp3) is 0.700. The third kappa shape index (κ3) is 2.76. The molecular weight excluding hydrogens is 226 g/mol. The molecule has 2 N–H and O–H groups in total. The molecule has 1 aromatic rings. The van der Waals surface area contributed by atoms with Gasteiger partial charge in [0, 0.05) is 0 Å². The molecule has 16 heavy (non-hydrogen) atoms. The number of aliphatic hydroxyl groups excluding tert-OH is 1. The molecule has 0 saturated heterocycles. The van der Waals surface area contributed by atoms with E-state index in [1.807, 2.05) is 0 Å². The number of carbonyl (C=O) groups excluding carboxylic acids is 1. The molecule has 6 heteroatoms. The van der Waals surface area contributed by atoms with Crippen LogP contribution in [-0.4, -0.2) is 31.9 Å². The fourth-order valence-corrected chi connectivity index (χ4v) is 2.38. The van der Waals surface area contributed by atoms with Crippen molar-refractivity contribution in [3.63, 3.8) is 0 Å². The fourth-order valence-electron chi connectivity index (χ4n) is 1.96. The maximum Gasteiger partial charge on any atom is 0.272 e. The zero-order valence-corrected chi connectivity index (χ0v) is 9.74. The summed E-state index contributed by atoms with van der Waals surface area (Å²) in [4.78, 5) is 11.7. The molecular formula is C10H15N3O2S. The standard InChI is InChI=1S/C10H15N3O2S/c14-9-5-3-1-2-4-7(9)12-10(15)8-6-11-16-13-8/h6-7,9,14H,1-5H2,(H,12,15). The Hall–Kier alpha value is -1.01. The molecule has 1 aliphatic rings. The second-order valence-corrected chi connectivity index (χ2v) is 4.63. The molecule has 1 fully saturated rings. The van der Waals surface area contributed by atoms with Crippen molar-refractivity contribution >= 4 is 17.6 Å². The zero-order valence-electron chi connectivity index (χ0n) is 8.93. The van der Waals surface area contributed by atoms with Gasteiger partial charge in [-0.2, -0.15) is 8.75 Å².